The van der Waals surface area contributed by atoms with E-state index in [1.165, 1.54) is 4.31 Å². The Morgan fingerprint density at radius 1 is 1.07 bits per heavy atom. The standard InChI is InChI=1S/C22H25N3O3S2/c26-21(12-7-13-22-24-19-10-2-3-11-20(19)29-22)23-17-8-6-9-18(16-17)30(27,28)25-14-4-1-5-15-25/h2-3,6,8-11,16H,1,4-5,7,12-15H2,(H,23,26). The van der Waals surface area contributed by atoms with Crippen molar-refractivity contribution < 1.29 is 13.2 Å². The van der Waals surface area contributed by atoms with Gasteiger partial charge >= 0.3 is 0 Å². The molecule has 6 nitrogen and oxygen atoms in total. The van der Waals surface area contributed by atoms with Crippen LogP contribution in [0.5, 0.6) is 0 Å². The van der Waals surface area contributed by atoms with Crippen LogP contribution in [0.4, 0.5) is 5.69 Å². The normalized spacial score (nSPS) is 15.3. The Kier molecular flexibility index (Phi) is 6.46. The van der Waals surface area contributed by atoms with Gasteiger partial charge in [-0.3, -0.25) is 4.79 Å². The van der Waals surface area contributed by atoms with Crippen molar-refractivity contribution in [2.75, 3.05) is 18.4 Å². The molecule has 1 aliphatic heterocycles. The summed E-state index contributed by atoms with van der Waals surface area (Å²) in [4.78, 5) is 17.2. The number of piperidine rings is 1. The summed E-state index contributed by atoms with van der Waals surface area (Å²) in [5.74, 6) is -0.122. The molecule has 0 spiro atoms. The highest BCUT2D eigenvalue weighted by Gasteiger charge is 2.26. The Bertz CT molecular complexity index is 1100. The molecular formula is C22H25N3O3S2. The van der Waals surface area contributed by atoms with Crippen molar-refractivity contribution in [2.45, 2.75) is 43.4 Å². The van der Waals surface area contributed by atoms with Crippen LogP contribution in [0.25, 0.3) is 10.2 Å². The number of nitrogens with one attached hydrogen (secondary N) is 1. The van der Waals surface area contributed by atoms with Crippen molar-refractivity contribution in [3.05, 3.63) is 53.5 Å². The monoisotopic (exact) mass is 443 g/mol. The Hall–Kier alpha value is -2.29. The minimum absolute atomic E-state index is 0.122. The molecule has 2 heterocycles. The van der Waals surface area contributed by atoms with Gasteiger partial charge in [-0.05, 0) is 56.0 Å². The first-order valence-electron chi connectivity index (χ1n) is 10.3. The molecule has 1 aliphatic rings. The van der Waals surface area contributed by atoms with E-state index in [-0.39, 0.29) is 10.8 Å². The lowest BCUT2D eigenvalue weighted by atomic mass is 10.2. The van der Waals surface area contributed by atoms with Gasteiger partial charge in [-0.1, -0.05) is 24.6 Å². The second-order valence-electron chi connectivity index (χ2n) is 7.47. The van der Waals surface area contributed by atoms with Crippen molar-refractivity contribution >= 4 is 43.2 Å². The number of rotatable bonds is 7. The summed E-state index contributed by atoms with van der Waals surface area (Å²) in [6.45, 7) is 1.12. The summed E-state index contributed by atoms with van der Waals surface area (Å²) in [6.07, 6.45) is 4.65. The molecular weight excluding hydrogens is 418 g/mol. The van der Waals surface area contributed by atoms with Gasteiger partial charge in [0.2, 0.25) is 15.9 Å². The van der Waals surface area contributed by atoms with E-state index in [0.29, 0.717) is 31.6 Å². The highest BCUT2D eigenvalue weighted by Crippen LogP contribution is 2.24. The van der Waals surface area contributed by atoms with Crippen LogP contribution >= 0.6 is 11.3 Å². The highest BCUT2D eigenvalue weighted by molar-refractivity contribution is 7.89. The van der Waals surface area contributed by atoms with Gasteiger partial charge in [-0.2, -0.15) is 4.31 Å². The zero-order chi connectivity index (χ0) is 21.0. The van der Waals surface area contributed by atoms with E-state index in [2.05, 4.69) is 10.3 Å². The van der Waals surface area contributed by atoms with Gasteiger partial charge in [-0.25, -0.2) is 13.4 Å². The number of amides is 1. The number of para-hydroxylation sites is 1. The SMILES string of the molecule is O=C(CCCc1nc2ccccc2s1)Nc1cccc(S(=O)(=O)N2CCCCC2)c1. The molecule has 0 atom stereocenters. The third kappa shape index (κ3) is 4.88. The molecule has 0 bridgehead atoms. The smallest absolute Gasteiger partial charge is 0.243 e. The van der Waals surface area contributed by atoms with Gasteiger partial charge in [0.15, 0.2) is 0 Å². The average molecular weight is 444 g/mol. The maximum absolute atomic E-state index is 12.8. The summed E-state index contributed by atoms with van der Waals surface area (Å²) in [5, 5.41) is 3.86. The lowest BCUT2D eigenvalue weighted by Gasteiger charge is -2.26. The maximum atomic E-state index is 12.8. The van der Waals surface area contributed by atoms with Crippen molar-refractivity contribution in [3.8, 4) is 0 Å². The molecule has 8 heteroatoms. The van der Waals surface area contributed by atoms with Crippen LogP contribution < -0.4 is 5.32 Å². The third-order valence-corrected chi connectivity index (χ3v) is 8.19. The van der Waals surface area contributed by atoms with Gasteiger partial charge in [0, 0.05) is 25.2 Å². The lowest BCUT2D eigenvalue weighted by molar-refractivity contribution is -0.116. The minimum Gasteiger partial charge on any atom is -0.326 e. The number of hydrogen-bond acceptors (Lipinski definition) is 5. The van der Waals surface area contributed by atoms with Crippen LogP contribution in [-0.2, 0) is 21.2 Å². The molecule has 2 aromatic carbocycles. The van der Waals surface area contributed by atoms with E-state index in [0.717, 1.165) is 40.9 Å². The number of carbonyl (C=O) groups is 1. The molecule has 3 aromatic rings. The summed E-state index contributed by atoms with van der Waals surface area (Å²) in [7, 11) is -3.51. The molecule has 1 saturated heterocycles. The van der Waals surface area contributed by atoms with Gasteiger partial charge in [0.25, 0.3) is 0 Å². The fraction of sp³-hybridized carbons (Fsp3) is 0.364. The number of aromatic nitrogens is 1. The predicted molar refractivity (Wildman–Crippen MR) is 120 cm³/mol. The van der Waals surface area contributed by atoms with Crippen LogP contribution in [0.2, 0.25) is 0 Å². The van der Waals surface area contributed by atoms with Crippen LogP contribution in [0.3, 0.4) is 0 Å². The van der Waals surface area contributed by atoms with Gasteiger partial charge in [-0.15, -0.1) is 11.3 Å². The summed E-state index contributed by atoms with van der Waals surface area (Å²) in [5.41, 5.74) is 1.51. The number of hydrogen-bond donors (Lipinski definition) is 1. The van der Waals surface area contributed by atoms with Gasteiger partial charge in [0.1, 0.15) is 0 Å². The molecule has 0 radical (unpaired) electrons. The molecule has 0 aliphatic carbocycles. The Morgan fingerprint density at radius 3 is 2.67 bits per heavy atom. The van der Waals surface area contributed by atoms with E-state index in [4.69, 9.17) is 0 Å². The zero-order valence-corrected chi connectivity index (χ0v) is 18.3. The first kappa shape index (κ1) is 21.0. The number of aryl methyl sites for hydroxylation is 1. The molecule has 1 amide bonds. The van der Waals surface area contributed by atoms with Crippen molar-refractivity contribution in [3.63, 3.8) is 0 Å². The predicted octanol–water partition coefficient (Wildman–Crippen LogP) is 4.43. The maximum Gasteiger partial charge on any atom is 0.243 e. The third-order valence-electron chi connectivity index (χ3n) is 5.20. The van der Waals surface area contributed by atoms with Gasteiger partial charge in [0.05, 0.1) is 20.1 Å². The number of benzene rings is 2. The van der Waals surface area contributed by atoms with E-state index >= 15 is 0 Å². The molecule has 1 N–H and O–H groups in total. The summed E-state index contributed by atoms with van der Waals surface area (Å²) < 4.78 is 28.4. The molecule has 1 aromatic heterocycles. The van der Waals surface area contributed by atoms with Crippen molar-refractivity contribution in [1.29, 1.82) is 0 Å². The Balaban J connectivity index is 1.33. The van der Waals surface area contributed by atoms with Crippen LogP contribution in [0.15, 0.2) is 53.4 Å². The lowest BCUT2D eigenvalue weighted by Crippen LogP contribution is -2.35. The van der Waals surface area contributed by atoms with E-state index in [9.17, 15) is 13.2 Å². The minimum atomic E-state index is -3.51. The van der Waals surface area contributed by atoms with Crippen molar-refractivity contribution in [2.24, 2.45) is 0 Å². The number of nitrogens with zero attached hydrogens (tertiary/aromatic N) is 2. The summed E-state index contributed by atoms with van der Waals surface area (Å²) in [6, 6.07) is 14.5. The number of fused-ring (bicyclic) bond motifs is 1. The highest BCUT2D eigenvalue weighted by atomic mass is 32.2. The first-order chi connectivity index (χ1) is 14.5. The molecule has 4 rings (SSSR count). The fourth-order valence-corrected chi connectivity index (χ4v) is 6.21. The summed E-state index contributed by atoms with van der Waals surface area (Å²) >= 11 is 1.66. The van der Waals surface area contributed by atoms with E-state index in [1.807, 2.05) is 24.3 Å². The van der Waals surface area contributed by atoms with Gasteiger partial charge < -0.3 is 5.32 Å². The second-order valence-corrected chi connectivity index (χ2v) is 10.5. The molecule has 158 valence electrons. The molecule has 30 heavy (non-hydrogen) atoms. The fourth-order valence-electron chi connectivity index (χ4n) is 3.64. The Morgan fingerprint density at radius 2 is 1.87 bits per heavy atom. The van der Waals surface area contributed by atoms with E-state index in [1.54, 1.807) is 35.6 Å². The van der Waals surface area contributed by atoms with Crippen molar-refractivity contribution in [1.82, 2.24) is 9.29 Å². The number of anilines is 1. The molecule has 1 fully saturated rings. The largest absolute Gasteiger partial charge is 0.326 e. The topological polar surface area (TPSA) is 79.4 Å². The van der Waals surface area contributed by atoms with Crippen LogP contribution in [-0.4, -0.2) is 36.7 Å². The zero-order valence-electron chi connectivity index (χ0n) is 16.7. The van der Waals surface area contributed by atoms with Crippen LogP contribution in [0.1, 0.15) is 37.1 Å². The van der Waals surface area contributed by atoms with E-state index < -0.39 is 10.0 Å². The first-order valence-corrected chi connectivity index (χ1v) is 12.5. The molecule has 0 saturated carbocycles. The van der Waals surface area contributed by atoms with Crippen LogP contribution in [0, 0.1) is 0 Å². The quantitative estimate of drug-likeness (QED) is 0.586. The molecule has 0 unspecified atom stereocenters. The number of thiazole rings is 1. The number of sulfonamides is 1. The Labute approximate surface area is 181 Å². The average Bonchev–Trinajstić information content (AvgIpc) is 3.17. The number of carbonyl (C=O) groups excluding carboxylic acids is 1. The second kappa shape index (κ2) is 9.24.